The fourth-order valence-electron chi connectivity index (χ4n) is 3.24. The van der Waals surface area contributed by atoms with Gasteiger partial charge < -0.3 is 5.32 Å². The molecule has 1 N–H and O–H groups in total. The average molecular weight is 409 g/mol. The van der Waals surface area contributed by atoms with Gasteiger partial charge in [-0.15, -0.1) is 10.2 Å². The first-order valence-corrected chi connectivity index (χ1v) is 10.8. The van der Waals surface area contributed by atoms with Crippen LogP contribution in [0.25, 0.3) is 5.69 Å². The molecule has 0 aliphatic heterocycles. The highest BCUT2D eigenvalue weighted by atomic mass is 32.2. The number of carbonyl (C=O) groups is 1. The van der Waals surface area contributed by atoms with Gasteiger partial charge in [0.05, 0.1) is 11.8 Å². The van der Waals surface area contributed by atoms with Crippen molar-refractivity contribution in [1.82, 2.24) is 20.1 Å². The lowest BCUT2D eigenvalue weighted by Crippen LogP contribution is -2.28. The lowest BCUT2D eigenvalue weighted by atomic mass is 10.00. The van der Waals surface area contributed by atoms with Crippen LogP contribution < -0.4 is 5.32 Å². The van der Waals surface area contributed by atoms with Crippen LogP contribution in [0.15, 0.2) is 53.9 Å². The summed E-state index contributed by atoms with van der Waals surface area (Å²) in [6.07, 6.45) is 1.68. The maximum absolute atomic E-state index is 12.5. The van der Waals surface area contributed by atoms with Gasteiger partial charge in [-0.2, -0.15) is 0 Å². The van der Waals surface area contributed by atoms with Crippen molar-refractivity contribution in [3.63, 3.8) is 0 Å². The van der Waals surface area contributed by atoms with Gasteiger partial charge in [-0.1, -0.05) is 61.5 Å². The predicted molar refractivity (Wildman–Crippen MR) is 119 cm³/mol. The molecular formula is C23H28N4OS. The van der Waals surface area contributed by atoms with Gasteiger partial charge >= 0.3 is 0 Å². The first-order valence-electron chi connectivity index (χ1n) is 9.85. The summed E-state index contributed by atoms with van der Waals surface area (Å²) in [4.78, 5) is 12.5. The van der Waals surface area contributed by atoms with Gasteiger partial charge in [0.1, 0.15) is 6.33 Å². The minimum atomic E-state index is -0.0375. The molecule has 1 atom stereocenters. The van der Waals surface area contributed by atoms with Gasteiger partial charge in [0.15, 0.2) is 5.16 Å². The van der Waals surface area contributed by atoms with Crippen LogP contribution in [0, 0.1) is 13.8 Å². The highest BCUT2D eigenvalue weighted by molar-refractivity contribution is 7.99. The number of rotatable bonds is 7. The molecular weight excluding hydrogens is 380 g/mol. The van der Waals surface area contributed by atoms with Crippen molar-refractivity contribution in [1.29, 1.82) is 0 Å². The molecule has 3 aromatic rings. The number of amides is 1. The van der Waals surface area contributed by atoms with E-state index >= 15 is 0 Å². The van der Waals surface area contributed by atoms with Gasteiger partial charge in [0.25, 0.3) is 0 Å². The van der Waals surface area contributed by atoms with E-state index in [4.69, 9.17) is 0 Å². The van der Waals surface area contributed by atoms with E-state index in [0.717, 1.165) is 11.3 Å². The van der Waals surface area contributed by atoms with Crippen LogP contribution in [-0.2, 0) is 4.79 Å². The standard InChI is InChI=1S/C23H28N4OS/c1-15(2)19-8-10-20(11-9-19)27-14-24-26-23(27)29-13-22(28)25-18(5)21-12-16(3)6-7-17(21)4/h6-12,14-15,18H,13H2,1-5H3,(H,25,28). The zero-order valence-electron chi connectivity index (χ0n) is 17.6. The summed E-state index contributed by atoms with van der Waals surface area (Å²) in [6.45, 7) is 10.5. The van der Waals surface area contributed by atoms with Gasteiger partial charge in [0.2, 0.25) is 5.91 Å². The number of thioether (sulfide) groups is 1. The van der Waals surface area contributed by atoms with Crippen molar-refractivity contribution in [3.8, 4) is 5.69 Å². The maximum atomic E-state index is 12.5. The predicted octanol–water partition coefficient (Wildman–Crippen LogP) is 4.98. The Morgan fingerprint density at radius 1 is 1.10 bits per heavy atom. The van der Waals surface area contributed by atoms with E-state index in [2.05, 4.69) is 85.7 Å². The Hall–Kier alpha value is -2.60. The molecule has 0 spiro atoms. The topological polar surface area (TPSA) is 59.8 Å². The Kier molecular flexibility index (Phi) is 6.75. The SMILES string of the molecule is Cc1ccc(C)c(C(C)NC(=O)CSc2nncn2-c2ccc(C(C)C)cc2)c1. The molecule has 0 aliphatic carbocycles. The summed E-state index contributed by atoms with van der Waals surface area (Å²) in [7, 11) is 0. The normalized spacial score (nSPS) is 12.2. The molecule has 29 heavy (non-hydrogen) atoms. The number of benzene rings is 2. The second-order valence-electron chi connectivity index (χ2n) is 7.67. The number of nitrogens with zero attached hydrogens (tertiary/aromatic N) is 3. The lowest BCUT2D eigenvalue weighted by molar-refractivity contribution is -0.119. The average Bonchev–Trinajstić information content (AvgIpc) is 3.17. The summed E-state index contributed by atoms with van der Waals surface area (Å²) in [5.41, 5.74) is 5.80. The molecule has 0 fully saturated rings. The van der Waals surface area contributed by atoms with Crippen LogP contribution in [0.4, 0.5) is 0 Å². The summed E-state index contributed by atoms with van der Waals surface area (Å²) in [5.74, 6) is 0.757. The van der Waals surface area contributed by atoms with Crippen molar-refractivity contribution in [2.45, 2.75) is 51.7 Å². The fraction of sp³-hybridized carbons (Fsp3) is 0.348. The Labute approximate surface area is 176 Å². The van der Waals surface area contributed by atoms with Crippen LogP contribution in [0.3, 0.4) is 0 Å². The molecule has 1 amide bonds. The number of aryl methyl sites for hydroxylation is 2. The van der Waals surface area contributed by atoms with Crippen molar-refractivity contribution in [3.05, 3.63) is 71.0 Å². The summed E-state index contributed by atoms with van der Waals surface area (Å²) in [5, 5.41) is 12.0. The van der Waals surface area contributed by atoms with Crippen LogP contribution in [0.5, 0.6) is 0 Å². The first kappa shape index (κ1) is 21.1. The molecule has 1 heterocycles. The third kappa shape index (κ3) is 5.26. The van der Waals surface area contributed by atoms with Crippen LogP contribution >= 0.6 is 11.8 Å². The zero-order valence-corrected chi connectivity index (χ0v) is 18.5. The molecule has 152 valence electrons. The Balaban J connectivity index is 1.62. The number of carbonyl (C=O) groups excluding carboxylic acids is 1. The van der Waals surface area contributed by atoms with E-state index in [9.17, 15) is 4.79 Å². The first-order chi connectivity index (χ1) is 13.8. The zero-order chi connectivity index (χ0) is 21.0. The van der Waals surface area contributed by atoms with Gasteiger partial charge in [0, 0.05) is 5.69 Å². The third-order valence-electron chi connectivity index (χ3n) is 4.97. The molecule has 0 radical (unpaired) electrons. The minimum Gasteiger partial charge on any atom is -0.349 e. The number of hydrogen-bond acceptors (Lipinski definition) is 4. The molecule has 1 unspecified atom stereocenters. The Bertz CT molecular complexity index is 979. The molecule has 1 aromatic heterocycles. The number of hydrogen-bond donors (Lipinski definition) is 1. The Morgan fingerprint density at radius 2 is 1.83 bits per heavy atom. The minimum absolute atomic E-state index is 0.0203. The van der Waals surface area contributed by atoms with Crippen molar-refractivity contribution < 1.29 is 4.79 Å². The number of aromatic nitrogens is 3. The molecule has 5 nitrogen and oxygen atoms in total. The van der Waals surface area contributed by atoms with E-state index in [0.29, 0.717) is 11.1 Å². The van der Waals surface area contributed by atoms with E-state index < -0.39 is 0 Å². The second-order valence-corrected chi connectivity index (χ2v) is 8.61. The molecule has 0 bridgehead atoms. The van der Waals surface area contributed by atoms with Crippen LogP contribution in [-0.4, -0.2) is 26.4 Å². The van der Waals surface area contributed by atoms with E-state index in [1.165, 1.54) is 28.5 Å². The highest BCUT2D eigenvalue weighted by Crippen LogP contribution is 2.23. The lowest BCUT2D eigenvalue weighted by Gasteiger charge is -2.17. The van der Waals surface area contributed by atoms with Gasteiger partial charge in [-0.25, -0.2) is 0 Å². The quantitative estimate of drug-likeness (QED) is 0.560. The van der Waals surface area contributed by atoms with Gasteiger partial charge in [-0.3, -0.25) is 9.36 Å². The van der Waals surface area contributed by atoms with E-state index in [-0.39, 0.29) is 17.7 Å². The maximum Gasteiger partial charge on any atom is 0.230 e. The van der Waals surface area contributed by atoms with Crippen molar-refractivity contribution >= 4 is 17.7 Å². The summed E-state index contributed by atoms with van der Waals surface area (Å²) < 4.78 is 1.91. The van der Waals surface area contributed by atoms with Crippen molar-refractivity contribution in [2.24, 2.45) is 0 Å². The fourth-order valence-corrected chi connectivity index (χ4v) is 3.98. The van der Waals surface area contributed by atoms with Crippen LogP contribution in [0.1, 0.15) is 55.0 Å². The molecule has 2 aromatic carbocycles. The molecule has 3 rings (SSSR count). The Morgan fingerprint density at radius 3 is 2.52 bits per heavy atom. The van der Waals surface area contributed by atoms with E-state index in [1.807, 2.05) is 11.5 Å². The van der Waals surface area contributed by atoms with Crippen molar-refractivity contribution in [2.75, 3.05) is 5.75 Å². The second kappa shape index (κ2) is 9.27. The highest BCUT2D eigenvalue weighted by Gasteiger charge is 2.14. The molecule has 0 saturated heterocycles. The monoisotopic (exact) mass is 408 g/mol. The largest absolute Gasteiger partial charge is 0.349 e. The van der Waals surface area contributed by atoms with Gasteiger partial charge in [-0.05, 0) is 55.5 Å². The molecule has 0 saturated carbocycles. The summed E-state index contributed by atoms with van der Waals surface area (Å²) >= 11 is 1.39. The van der Waals surface area contributed by atoms with Crippen LogP contribution in [0.2, 0.25) is 0 Å². The molecule has 6 heteroatoms. The summed E-state index contributed by atoms with van der Waals surface area (Å²) in [6, 6.07) is 14.6. The molecule has 0 aliphatic rings. The van der Waals surface area contributed by atoms with E-state index in [1.54, 1.807) is 6.33 Å². The number of nitrogens with one attached hydrogen (secondary N) is 1. The smallest absolute Gasteiger partial charge is 0.230 e. The third-order valence-corrected chi connectivity index (χ3v) is 5.91.